The molecular weight excluding hydrogens is 338 g/mol. The number of ether oxygens (including phenoxy) is 2. The molecule has 23 heavy (non-hydrogen) atoms. The van der Waals surface area contributed by atoms with Crippen LogP contribution in [0.25, 0.3) is 0 Å². The van der Waals surface area contributed by atoms with E-state index in [0.717, 1.165) is 5.56 Å². The Morgan fingerprint density at radius 3 is 2.61 bits per heavy atom. The molecule has 0 aliphatic carbocycles. The summed E-state index contributed by atoms with van der Waals surface area (Å²) in [5, 5.41) is 3.02. The third-order valence-electron chi connectivity index (χ3n) is 3.09. The molecule has 0 spiro atoms. The van der Waals surface area contributed by atoms with Gasteiger partial charge in [-0.2, -0.15) is 0 Å². The molecule has 0 radical (unpaired) electrons. The van der Waals surface area contributed by atoms with E-state index in [-0.39, 0.29) is 22.9 Å². The van der Waals surface area contributed by atoms with Gasteiger partial charge in [0.1, 0.15) is 11.0 Å². The topological polar surface area (TPSA) is 64.6 Å². The molecule has 1 N–H and O–H groups in total. The van der Waals surface area contributed by atoms with Crippen molar-refractivity contribution in [2.45, 2.75) is 32.4 Å². The van der Waals surface area contributed by atoms with Crippen molar-refractivity contribution in [1.29, 1.82) is 0 Å². The molecule has 1 aromatic rings. The van der Waals surface area contributed by atoms with Crippen LogP contribution in [0, 0.1) is 6.92 Å². The van der Waals surface area contributed by atoms with E-state index in [1.807, 2.05) is 13.8 Å². The normalized spacial score (nSPS) is 11.7. The lowest BCUT2D eigenvalue weighted by Gasteiger charge is -2.14. The zero-order valence-corrected chi connectivity index (χ0v) is 15.3. The maximum Gasteiger partial charge on any atom is 0.319 e. The highest BCUT2D eigenvalue weighted by Crippen LogP contribution is 2.31. The van der Waals surface area contributed by atoms with Crippen LogP contribution in [0.4, 0.5) is 5.69 Å². The lowest BCUT2D eigenvalue weighted by molar-refractivity contribution is -0.142. The molecule has 7 heteroatoms. The maximum absolute atomic E-state index is 12.1. The Kier molecular flexibility index (Phi) is 8.26. The molecule has 1 amide bonds. The largest absolute Gasteiger partial charge is 0.495 e. The van der Waals surface area contributed by atoms with Gasteiger partial charge in [0.15, 0.2) is 0 Å². The summed E-state index contributed by atoms with van der Waals surface area (Å²) in [5.41, 5.74) is 1.40. The van der Waals surface area contributed by atoms with Crippen LogP contribution in [0.1, 0.15) is 25.8 Å². The van der Waals surface area contributed by atoms with Gasteiger partial charge in [-0.3, -0.25) is 9.59 Å². The monoisotopic (exact) mass is 359 g/mol. The Morgan fingerprint density at radius 1 is 1.35 bits per heavy atom. The Balaban J connectivity index is 2.66. The summed E-state index contributed by atoms with van der Waals surface area (Å²) in [5.74, 6) is 0.157. The summed E-state index contributed by atoms with van der Waals surface area (Å²) in [6.07, 6.45) is 0.611. The molecular formula is C16H22ClNO4S. The first-order chi connectivity index (χ1) is 10.9. The second-order valence-corrected chi connectivity index (χ2v) is 6.41. The minimum atomic E-state index is -0.338. The molecule has 1 rings (SSSR count). The van der Waals surface area contributed by atoms with Gasteiger partial charge in [-0.25, -0.2) is 0 Å². The predicted octanol–water partition coefficient (Wildman–Crippen LogP) is 3.67. The molecule has 0 saturated heterocycles. The number of thioether (sulfide) groups is 1. The molecule has 1 aromatic carbocycles. The van der Waals surface area contributed by atoms with Crippen molar-refractivity contribution < 1.29 is 19.1 Å². The number of carbonyl (C=O) groups is 2. The highest BCUT2D eigenvalue weighted by Gasteiger charge is 2.20. The number of hydrogen-bond donors (Lipinski definition) is 1. The van der Waals surface area contributed by atoms with Gasteiger partial charge >= 0.3 is 5.97 Å². The number of amides is 1. The van der Waals surface area contributed by atoms with Crippen LogP contribution in [-0.2, 0) is 14.3 Å². The van der Waals surface area contributed by atoms with Crippen LogP contribution in [0.3, 0.4) is 0 Å². The Hall–Kier alpha value is -1.40. The highest BCUT2D eigenvalue weighted by molar-refractivity contribution is 8.01. The zero-order valence-electron chi connectivity index (χ0n) is 13.8. The van der Waals surface area contributed by atoms with Crippen LogP contribution in [0.2, 0.25) is 5.02 Å². The van der Waals surface area contributed by atoms with Crippen molar-refractivity contribution in [3.8, 4) is 5.75 Å². The summed E-state index contributed by atoms with van der Waals surface area (Å²) in [7, 11) is 1.51. The van der Waals surface area contributed by atoms with Crippen molar-refractivity contribution in [3.05, 3.63) is 22.7 Å². The van der Waals surface area contributed by atoms with Gasteiger partial charge in [-0.05, 0) is 31.9 Å². The molecule has 0 saturated carbocycles. The number of rotatable bonds is 8. The van der Waals surface area contributed by atoms with E-state index in [0.29, 0.717) is 29.5 Å². The van der Waals surface area contributed by atoms with E-state index >= 15 is 0 Å². The van der Waals surface area contributed by atoms with E-state index in [2.05, 4.69) is 5.32 Å². The summed E-state index contributed by atoms with van der Waals surface area (Å²) in [4.78, 5) is 23.8. The van der Waals surface area contributed by atoms with E-state index in [1.54, 1.807) is 19.1 Å². The lowest BCUT2D eigenvalue weighted by atomic mass is 10.2. The smallest absolute Gasteiger partial charge is 0.319 e. The Bertz CT molecular complexity index is 565. The van der Waals surface area contributed by atoms with Gasteiger partial charge in [-0.1, -0.05) is 18.5 Å². The molecule has 0 aliphatic heterocycles. The fraction of sp³-hybridized carbons (Fsp3) is 0.500. The minimum Gasteiger partial charge on any atom is -0.495 e. The van der Waals surface area contributed by atoms with Crippen LogP contribution in [0.5, 0.6) is 5.75 Å². The van der Waals surface area contributed by atoms with Gasteiger partial charge in [0.25, 0.3) is 0 Å². The second kappa shape index (κ2) is 9.67. The maximum atomic E-state index is 12.1. The standard InChI is InChI=1S/C16H22ClNO4S/c1-5-14(16(20)22-6-2)23-9-15(19)18-12-7-10(3)11(17)8-13(12)21-4/h7-8,14H,5-6,9H2,1-4H3,(H,18,19). The number of nitrogens with one attached hydrogen (secondary N) is 1. The number of esters is 1. The molecule has 0 aliphatic rings. The Labute approximate surface area is 146 Å². The third-order valence-corrected chi connectivity index (χ3v) is 4.85. The zero-order chi connectivity index (χ0) is 17.4. The Morgan fingerprint density at radius 2 is 2.04 bits per heavy atom. The number of hydrogen-bond acceptors (Lipinski definition) is 5. The lowest BCUT2D eigenvalue weighted by Crippen LogP contribution is -2.23. The molecule has 5 nitrogen and oxygen atoms in total. The minimum absolute atomic E-state index is 0.155. The number of aryl methyl sites for hydroxylation is 1. The van der Waals surface area contributed by atoms with Gasteiger partial charge < -0.3 is 14.8 Å². The van der Waals surface area contributed by atoms with Crippen LogP contribution >= 0.6 is 23.4 Å². The fourth-order valence-corrected chi connectivity index (χ4v) is 2.90. The van der Waals surface area contributed by atoms with Crippen molar-refractivity contribution in [1.82, 2.24) is 0 Å². The SMILES string of the molecule is CCOC(=O)C(CC)SCC(=O)Nc1cc(C)c(Cl)cc1OC. The molecule has 0 heterocycles. The quantitative estimate of drug-likeness (QED) is 0.717. The van der Waals surface area contributed by atoms with Crippen LogP contribution in [-0.4, -0.2) is 36.6 Å². The van der Waals surface area contributed by atoms with Crippen LogP contribution in [0.15, 0.2) is 12.1 Å². The van der Waals surface area contributed by atoms with E-state index in [1.165, 1.54) is 18.9 Å². The van der Waals surface area contributed by atoms with Crippen molar-refractivity contribution in [2.75, 3.05) is 24.8 Å². The van der Waals surface area contributed by atoms with E-state index in [9.17, 15) is 9.59 Å². The number of benzene rings is 1. The molecule has 1 atom stereocenters. The van der Waals surface area contributed by atoms with Gasteiger partial charge in [0.2, 0.25) is 5.91 Å². The van der Waals surface area contributed by atoms with E-state index < -0.39 is 0 Å². The van der Waals surface area contributed by atoms with Crippen LogP contribution < -0.4 is 10.1 Å². The average molecular weight is 360 g/mol. The van der Waals surface area contributed by atoms with Gasteiger partial charge in [-0.15, -0.1) is 11.8 Å². The highest BCUT2D eigenvalue weighted by atomic mass is 35.5. The number of carbonyl (C=O) groups excluding carboxylic acids is 2. The number of halogens is 1. The summed E-state index contributed by atoms with van der Waals surface area (Å²) in [6.45, 7) is 5.83. The molecule has 0 bridgehead atoms. The molecule has 0 aromatic heterocycles. The van der Waals surface area contributed by atoms with Gasteiger partial charge in [0, 0.05) is 11.1 Å². The van der Waals surface area contributed by atoms with Crippen molar-refractivity contribution in [3.63, 3.8) is 0 Å². The number of methoxy groups -OCH3 is 1. The van der Waals surface area contributed by atoms with Gasteiger partial charge in [0.05, 0.1) is 25.2 Å². The van der Waals surface area contributed by atoms with Crippen molar-refractivity contribution in [2.24, 2.45) is 0 Å². The summed E-state index contributed by atoms with van der Waals surface area (Å²) < 4.78 is 10.2. The second-order valence-electron chi connectivity index (χ2n) is 4.81. The predicted molar refractivity (Wildman–Crippen MR) is 94.5 cm³/mol. The fourth-order valence-electron chi connectivity index (χ4n) is 1.88. The first-order valence-corrected chi connectivity index (χ1v) is 8.77. The molecule has 128 valence electrons. The molecule has 0 fully saturated rings. The van der Waals surface area contributed by atoms with E-state index in [4.69, 9.17) is 21.1 Å². The third kappa shape index (κ3) is 5.95. The average Bonchev–Trinajstić information content (AvgIpc) is 2.51. The molecule has 1 unspecified atom stereocenters. The summed E-state index contributed by atoms with van der Waals surface area (Å²) >= 11 is 7.30. The number of anilines is 1. The van der Waals surface area contributed by atoms with Crippen molar-refractivity contribution >= 4 is 40.9 Å². The first kappa shape index (κ1) is 19.6. The summed E-state index contributed by atoms with van der Waals surface area (Å²) in [6, 6.07) is 3.42. The first-order valence-electron chi connectivity index (χ1n) is 7.35.